The Morgan fingerprint density at radius 2 is 1.95 bits per heavy atom. The zero-order valence-electron chi connectivity index (χ0n) is 12.7. The summed E-state index contributed by atoms with van der Waals surface area (Å²) in [6.07, 6.45) is 0. The predicted molar refractivity (Wildman–Crippen MR) is 82.8 cm³/mol. The van der Waals surface area contributed by atoms with Crippen molar-refractivity contribution in [3.8, 4) is 0 Å². The van der Waals surface area contributed by atoms with Gasteiger partial charge in [0.25, 0.3) is 0 Å². The predicted octanol–water partition coefficient (Wildman–Crippen LogP) is 2.50. The lowest BCUT2D eigenvalue weighted by atomic mass is 10.1. The first-order valence-corrected chi connectivity index (χ1v) is 7.40. The summed E-state index contributed by atoms with van der Waals surface area (Å²) in [5, 5.41) is 3.46. The van der Waals surface area contributed by atoms with Gasteiger partial charge in [0, 0.05) is 37.4 Å². The topological polar surface area (TPSA) is 18.5 Å². The van der Waals surface area contributed by atoms with E-state index in [1.165, 1.54) is 11.3 Å². The third-order valence-corrected chi connectivity index (χ3v) is 4.07. The van der Waals surface area contributed by atoms with E-state index in [0.717, 1.165) is 26.2 Å². The highest BCUT2D eigenvalue weighted by atomic mass is 15.3. The van der Waals surface area contributed by atoms with Gasteiger partial charge in [0.1, 0.15) is 0 Å². The van der Waals surface area contributed by atoms with Crippen LogP contribution in [-0.2, 0) is 0 Å². The van der Waals surface area contributed by atoms with Gasteiger partial charge in [-0.2, -0.15) is 0 Å². The molecule has 0 amide bonds. The van der Waals surface area contributed by atoms with Crippen LogP contribution in [0.25, 0.3) is 0 Å². The van der Waals surface area contributed by atoms with Crippen molar-refractivity contribution in [1.82, 2.24) is 10.2 Å². The van der Waals surface area contributed by atoms with E-state index >= 15 is 0 Å². The second-order valence-corrected chi connectivity index (χ2v) is 5.68. The molecule has 1 aliphatic rings. The normalized spacial score (nSPS) is 22.5. The molecule has 2 unspecified atom stereocenters. The number of hydrogen-bond acceptors (Lipinski definition) is 3. The molecule has 1 fully saturated rings. The lowest BCUT2D eigenvalue weighted by Crippen LogP contribution is -2.50. The molecule has 0 bridgehead atoms. The van der Waals surface area contributed by atoms with Crippen molar-refractivity contribution in [1.29, 1.82) is 0 Å². The zero-order chi connectivity index (χ0) is 13.8. The molecule has 2 atom stereocenters. The molecular weight excluding hydrogens is 234 g/mol. The van der Waals surface area contributed by atoms with Crippen LogP contribution in [0, 0.1) is 0 Å². The van der Waals surface area contributed by atoms with Gasteiger partial charge in [0.2, 0.25) is 0 Å². The van der Waals surface area contributed by atoms with Crippen molar-refractivity contribution in [2.75, 3.05) is 38.1 Å². The van der Waals surface area contributed by atoms with E-state index in [9.17, 15) is 0 Å². The molecule has 1 heterocycles. The van der Waals surface area contributed by atoms with Crippen molar-refractivity contribution < 1.29 is 0 Å². The molecule has 106 valence electrons. The van der Waals surface area contributed by atoms with Gasteiger partial charge in [-0.05, 0) is 45.1 Å². The maximum absolute atomic E-state index is 3.46. The molecule has 1 aliphatic heterocycles. The Kier molecular flexibility index (Phi) is 4.83. The van der Waals surface area contributed by atoms with Crippen LogP contribution in [0.1, 0.15) is 32.4 Å². The monoisotopic (exact) mass is 261 g/mol. The lowest BCUT2D eigenvalue weighted by molar-refractivity contribution is 0.275. The summed E-state index contributed by atoms with van der Waals surface area (Å²) in [5.41, 5.74) is 2.72. The number of nitrogens with one attached hydrogen (secondary N) is 1. The Balaban J connectivity index is 2.05. The number of likely N-dealkylation sites (N-methyl/N-ethyl adjacent to an activating group) is 1. The second-order valence-electron chi connectivity index (χ2n) is 5.68. The molecular formula is C16H27N3. The van der Waals surface area contributed by atoms with Crippen LogP contribution >= 0.6 is 0 Å². The Labute approximate surface area is 117 Å². The third-order valence-electron chi connectivity index (χ3n) is 4.07. The second kappa shape index (κ2) is 6.40. The van der Waals surface area contributed by atoms with Gasteiger partial charge in [-0.1, -0.05) is 19.1 Å². The fourth-order valence-corrected chi connectivity index (χ4v) is 2.90. The highest BCUT2D eigenvalue weighted by Gasteiger charge is 2.21. The molecule has 1 N–H and O–H groups in total. The molecule has 0 spiro atoms. The van der Waals surface area contributed by atoms with Gasteiger partial charge < -0.3 is 15.1 Å². The lowest BCUT2D eigenvalue weighted by Gasteiger charge is -2.40. The Morgan fingerprint density at radius 1 is 1.26 bits per heavy atom. The summed E-state index contributed by atoms with van der Waals surface area (Å²) in [6, 6.07) is 10.1. The fourth-order valence-electron chi connectivity index (χ4n) is 2.90. The van der Waals surface area contributed by atoms with Crippen LogP contribution < -0.4 is 10.2 Å². The van der Waals surface area contributed by atoms with E-state index in [4.69, 9.17) is 0 Å². The number of nitrogens with zero attached hydrogens (tertiary/aromatic N) is 2. The largest absolute Gasteiger partial charge is 0.366 e. The van der Waals surface area contributed by atoms with Crippen molar-refractivity contribution >= 4 is 5.69 Å². The first-order chi connectivity index (χ1) is 9.11. The van der Waals surface area contributed by atoms with Crippen LogP contribution in [0.4, 0.5) is 5.69 Å². The molecule has 2 rings (SSSR count). The summed E-state index contributed by atoms with van der Waals surface area (Å²) in [7, 11) is 2.20. The molecule has 0 radical (unpaired) electrons. The van der Waals surface area contributed by atoms with Crippen LogP contribution in [-0.4, -0.2) is 44.2 Å². The van der Waals surface area contributed by atoms with Crippen LogP contribution in [0.2, 0.25) is 0 Å². The van der Waals surface area contributed by atoms with E-state index in [2.05, 4.69) is 67.2 Å². The highest BCUT2D eigenvalue weighted by molar-refractivity contribution is 5.49. The fraction of sp³-hybridized carbons (Fsp3) is 0.625. The van der Waals surface area contributed by atoms with E-state index in [-0.39, 0.29) is 0 Å². The van der Waals surface area contributed by atoms with Gasteiger partial charge in [0.15, 0.2) is 0 Å². The summed E-state index contributed by atoms with van der Waals surface area (Å²) in [6.45, 7) is 11.1. The Morgan fingerprint density at radius 3 is 2.53 bits per heavy atom. The average Bonchev–Trinajstić information content (AvgIpc) is 2.39. The smallest absolute Gasteiger partial charge is 0.0389 e. The molecule has 1 aromatic carbocycles. The maximum Gasteiger partial charge on any atom is 0.0389 e. The molecule has 3 nitrogen and oxygen atoms in total. The van der Waals surface area contributed by atoms with Gasteiger partial charge >= 0.3 is 0 Å². The third kappa shape index (κ3) is 3.48. The number of piperazine rings is 1. The average molecular weight is 261 g/mol. The number of rotatable bonds is 4. The van der Waals surface area contributed by atoms with E-state index in [1.54, 1.807) is 0 Å². The first kappa shape index (κ1) is 14.4. The summed E-state index contributed by atoms with van der Waals surface area (Å²) in [5.74, 6) is 0. The van der Waals surface area contributed by atoms with Crippen molar-refractivity contribution in [3.63, 3.8) is 0 Å². The minimum Gasteiger partial charge on any atom is -0.366 e. The first-order valence-electron chi connectivity index (χ1n) is 7.40. The van der Waals surface area contributed by atoms with Gasteiger partial charge in [-0.25, -0.2) is 0 Å². The molecule has 1 saturated heterocycles. The molecule has 0 aliphatic carbocycles. The van der Waals surface area contributed by atoms with E-state index in [1.807, 2.05) is 0 Å². The summed E-state index contributed by atoms with van der Waals surface area (Å²) < 4.78 is 0. The Hall–Kier alpha value is -1.06. The maximum atomic E-state index is 3.46. The molecule has 3 heteroatoms. The molecule has 19 heavy (non-hydrogen) atoms. The van der Waals surface area contributed by atoms with Gasteiger partial charge in [-0.15, -0.1) is 0 Å². The van der Waals surface area contributed by atoms with Crippen molar-refractivity contribution in [3.05, 3.63) is 29.8 Å². The highest BCUT2D eigenvalue weighted by Crippen LogP contribution is 2.22. The molecule has 0 aromatic heterocycles. The minimum atomic E-state index is 0.434. The van der Waals surface area contributed by atoms with Crippen LogP contribution in [0.15, 0.2) is 24.3 Å². The van der Waals surface area contributed by atoms with E-state index < -0.39 is 0 Å². The van der Waals surface area contributed by atoms with E-state index in [0.29, 0.717) is 12.1 Å². The minimum absolute atomic E-state index is 0.434. The standard InChI is InChI=1S/C16H27N3/c1-5-17-14(3)15-6-8-16(9-7-15)19-11-10-18(4)12-13(19)2/h6-9,13-14,17H,5,10-12H2,1-4H3. The van der Waals surface area contributed by atoms with Gasteiger partial charge in [-0.3, -0.25) is 0 Å². The van der Waals surface area contributed by atoms with Gasteiger partial charge in [0.05, 0.1) is 0 Å². The summed E-state index contributed by atoms with van der Waals surface area (Å²) in [4.78, 5) is 4.92. The van der Waals surface area contributed by atoms with Crippen molar-refractivity contribution in [2.45, 2.75) is 32.9 Å². The van der Waals surface area contributed by atoms with Crippen LogP contribution in [0.5, 0.6) is 0 Å². The SMILES string of the molecule is CCNC(C)c1ccc(N2CCN(C)CC2C)cc1. The van der Waals surface area contributed by atoms with Crippen molar-refractivity contribution in [2.24, 2.45) is 0 Å². The zero-order valence-corrected chi connectivity index (χ0v) is 12.7. The quantitative estimate of drug-likeness (QED) is 0.898. The molecule has 1 aromatic rings. The van der Waals surface area contributed by atoms with Crippen LogP contribution in [0.3, 0.4) is 0 Å². The number of benzene rings is 1. The Bertz CT molecular complexity index is 387. The summed E-state index contributed by atoms with van der Waals surface area (Å²) >= 11 is 0. The number of anilines is 1. The number of hydrogen-bond donors (Lipinski definition) is 1. The molecule has 0 saturated carbocycles.